The zero-order chi connectivity index (χ0) is 20.9. The summed E-state index contributed by atoms with van der Waals surface area (Å²) in [6.07, 6.45) is -3.55. The van der Waals surface area contributed by atoms with E-state index >= 15 is 0 Å². The van der Waals surface area contributed by atoms with E-state index in [1.807, 2.05) is 12.1 Å². The van der Waals surface area contributed by atoms with Gasteiger partial charge in [-0.3, -0.25) is 4.79 Å². The minimum absolute atomic E-state index is 0.0279. The molecular formula is C20H20BrF3N2O2. The van der Waals surface area contributed by atoms with E-state index in [0.29, 0.717) is 10.2 Å². The fourth-order valence-electron chi connectivity index (χ4n) is 2.30. The van der Waals surface area contributed by atoms with Gasteiger partial charge < -0.3 is 4.74 Å². The van der Waals surface area contributed by atoms with Crippen LogP contribution in [0.15, 0.2) is 52.0 Å². The van der Waals surface area contributed by atoms with Crippen molar-refractivity contribution in [2.75, 3.05) is 6.61 Å². The van der Waals surface area contributed by atoms with Gasteiger partial charge in [-0.25, -0.2) is 5.43 Å². The third kappa shape index (κ3) is 6.09. The Labute approximate surface area is 169 Å². The molecule has 0 bridgehead atoms. The molecule has 2 aromatic rings. The maximum absolute atomic E-state index is 12.9. The number of carbonyl (C=O) groups is 1. The lowest BCUT2D eigenvalue weighted by atomic mass is 9.87. The Balaban J connectivity index is 1.95. The lowest BCUT2D eigenvalue weighted by Gasteiger charge is -2.20. The molecule has 150 valence electrons. The zero-order valence-electron chi connectivity index (χ0n) is 15.6. The molecule has 8 heteroatoms. The largest absolute Gasteiger partial charge is 0.483 e. The van der Waals surface area contributed by atoms with E-state index in [4.69, 9.17) is 4.74 Å². The number of hydrazone groups is 1. The van der Waals surface area contributed by atoms with Crippen LogP contribution in [0.25, 0.3) is 0 Å². The highest BCUT2D eigenvalue weighted by molar-refractivity contribution is 9.10. The molecule has 2 rings (SSSR count). The maximum atomic E-state index is 12.9. The van der Waals surface area contributed by atoms with Crippen LogP contribution in [0.4, 0.5) is 13.2 Å². The minimum Gasteiger partial charge on any atom is -0.483 e. The summed E-state index contributed by atoms with van der Waals surface area (Å²) in [5.41, 5.74) is 2.26. The highest BCUT2D eigenvalue weighted by atomic mass is 79.9. The monoisotopic (exact) mass is 456 g/mol. The van der Waals surface area contributed by atoms with E-state index in [0.717, 1.165) is 17.8 Å². The number of hydrogen-bond acceptors (Lipinski definition) is 3. The van der Waals surface area contributed by atoms with Gasteiger partial charge in [0, 0.05) is 5.56 Å². The number of benzene rings is 2. The van der Waals surface area contributed by atoms with E-state index < -0.39 is 17.6 Å². The van der Waals surface area contributed by atoms with E-state index in [1.165, 1.54) is 18.2 Å². The quantitative estimate of drug-likeness (QED) is 0.490. The summed E-state index contributed by atoms with van der Waals surface area (Å²) in [4.78, 5) is 11.8. The summed E-state index contributed by atoms with van der Waals surface area (Å²) in [5.74, 6) is -0.109. The molecule has 28 heavy (non-hydrogen) atoms. The average molecular weight is 457 g/mol. The second-order valence-electron chi connectivity index (χ2n) is 7.06. The molecule has 0 aliphatic rings. The molecule has 0 fully saturated rings. The van der Waals surface area contributed by atoms with Gasteiger partial charge in [0.2, 0.25) is 0 Å². The fourth-order valence-corrected chi connectivity index (χ4v) is 2.79. The van der Waals surface area contributed by atoms with Crippen molar-refractivity contribution in [1.29, 1.82) is 0 Å². The van der Waals surface area contributed by atoms with Gasteiger partial charge in [0.25, 0.3) is 5.91 Å². The number of rotatable bonds is 5. The molecule has 1 amide bonds. The molecule has 0 atom stereocenters. The van der Waals surface area contributed by atoms with Crippen LogP contribution in [-0.2, 0) is 16.4 Å². The summed E-state index contributed by atoms with van der Waals surface area (Å²) in [5, 5.41) is 3.58. The average Bonchev–Trinajstić information content (AvgIpc) is 2.59. The van der Waals surface area contributed by atoms with Crippen LogP contribution < -0.4 is 10.2 Å². The number of hydrogen-bond donors (Lipinski definition) is 1. The van der Waals surface area contributed by atoms with Crippen LogP contribution in [0.5, 0.6) is 5.75 Å². The van der Waals surface area contributed by atoms with Crippen molar-refractivity contribution >= 4 is 28.1 Å². The first-order chi connectivity index (χ1) is 13.0. The molecule has 2 aromatic carbocycles. The van der Waals surface area contributed by atoms with Crippen LogP contribution in [0, 0.1) is 0 Å². The number of nitrogens with zero attached hydrogens (tertiary/aromatic N) is 1. The van der Waals surface area contributed by atoms with E-state index in [-0.39, 0.29) is 17.6 Å². The van der Waals surface area contributed by atoms with Crippen molar-refractivity contribution < 1.29 is 22.7 Å². The molecule has 0 unspecified atom stereocenters. The van der Waals surface area contributed by atoms with E-state index in [1.54, 1.807) is 6.07 Å². The molecule has 0 saturated carbocycles. The summed E-state index contributed by atoms with van der Waals surface area (Å²) < 4.78 is 44.9. The summed E-state index contributed by atoms with van der Waals surface area (Å²) in [7, 11) is 0. The van der Waals surface area contributed by atoms with E-state index in [2.05, 4.69) is 47.2 Å². The predicted molar refractivity (Wildman–Crippen MR) is 106 cm³/mol. The molecule has 0 heterocycles. The van der Waals surface area contributed by atoms with Crippen molar-refractivity contribution in [2.45, 2.75) is 32.4 Å². The maximum Gasteiger partial charge on any atom is 0.417 e. The van der Waals surface area contributed by atoms with Gasteiger partial charge in [-0.15, -0.1) is 0 Å². The van der Waals surface area contributed by atoms with Crippen molar-refractivity contribution in [1.82, 2.24) is 5.43 Å². The Morgan fingerprint density at radius 1 is 1.18 bits per heavy atom. The second-order valence-corrected chi connectivity index (χ2v) is 7.92. The Morgan fingerprint density at radius 2 is 1.86 bits per heavy atom. The van der Waals surface area contributed by atoms with Crippen LogP contribution in [-0.4, -0.2) is 18.7 Å². The molecule has 0 aromatic heterocycles. The van der Waals surface area contributed by atoms with Crippen LogP contribution in [0.3, 0.4) is 0 Å². The van der Waals surface area contributed by atoms with Crippen molar-refractivity contribution in [3.05, 3.63) is 63.6 Å². The molecule has 0 aliphatic carbocycles. The molecular weight excluding hydrogens is 437 g/mol. The minimum atomic E-state index is -4.50. The second kappa shape index (κ2) is 8.77. The van der Waals surface area contributed by atoms with Gasteiger partial charge >= 0.3 is 6.18 Å². The Bertz CT molecular complexity index is 874. The number of amides is 1. The molecule has 4 nitrogen and oxygen atoms in total. The standard InChI is InChI=1S/C20H20BrF3N2O2/c1-19(2,3)14-8-9-17(16(21)10-14)28-12-18(27)26-25-11-13-6-4-5-7-15(13)20(22,23)24/h4-11H,12H2,1-3H3,(H,26,27)/b25-11+. The highest BCUT2D eigenvalue weighted by Crippen LogP contribution is 2.32. The summed E-state index contributed by atoms with van der Waals surface area (Å²) in [6.45, 7) is 5.92. The van der Waals surface area contributed by atoms with Crippen molar-refractivity contribution in [2.24, 2.45) is 5.10 Å². The third-order valence-electron chi connectivity index (χ3n) is 3.82. The lowest BCUT2D eigenvalue weighted by molar-refractivity contribution is -0.137. The first kappa shape index (κ1) is 21.9. The lowest BCUT2D eigenvalue weighted by Crippen LogP contribution is -2.25. The Morgan fingerprint density at radius 3 is 2.46 bits per heavy atom. The SMILES string of the molecule is CC(C)(C)c1ccc(OCC(=O)N/N=C/c2ccccc2C(F)(F)F)c(Br)c1. The summed E-state index contributed by atoms with van der Waals surface area (Å²) >= 11 is 3.41. The number of nitrogens with one attached hydrogen (secondary N) is 1. The topological polar surface area (TPSA) is 50.7 Å². The number of ether oxygens (including phenoxy) is 1. The fraction of sp³-hybridized carbons (Fsp3) is 0.300. The molecule has 0 aliphatic heterocycles. The van der Waals surface area contributed by atoms with Crippen LogP contribution in [0.1, 0.15) is 37.5 Å². The highest BCUT2D eigenvalue weighted by Gasteiger charge is 2.32. The molecule has 1 N–H and O–H groups in total. The third-order valence-corrected chi connectivity index (χ3v) is 4.44. The molecule has 0 saturated heterocycles. The molecule has 0 spiro atoms. The van der Waals surface area contributed by atoms with Crippen molar-refractivity contribution in [3.63, 3.8) is 0 Å². The van der Waals surface area contributed by atoms with E-state index in [9.17, 15) is 18.0 Å². The van der Waals surface area contributed by atoms with Crippen LogP contribution >= 0.6 is 15.9 Å². The van der Waals surface area contributed by atoms with Crippen LogP contribution in [0.2, 0.25) is 0 Å². The van der Waals surface area contributed by atoms with Crippen molar-refractivity contribution in [3.8, 4) is 5.75 Å². The number of halogens is 4. The van der Waals surface area contributed by atoms with Gasteiger partial charge in [0.1, 0.15) is 5.75 Å². The van der Waals surface area contributed by atoms with Gasteiger partial charge in [0.05, 0.1) is 16.3 Å². The zero-order valence-corrected chi connectivity index (χ0v) is 17.2. The Hall–Kier alpha value is -2.35. The molecule has 0 radical (unpaired) electrons. The van der Waals surface area contributed by atoms with Gasteiger partial charge in [-0.2, -0.15) is 18.3 Å². The smallest absolute Gasteiger partial charge is 0.417 e. The Kier molecular flexibility index (Phi) is 6.87. The van der Waals surface area contributed by atoms with Gasteiger partial charge in [0.15, 0.2) is 6.61 Å². The summed E-state index contributed by atoms with van der Waals surface area (Å²) in [6, 6.07) is 10.5. The first-order valence-electron chi connectivity index (χ1n) is 8.39. The van der Waals surface area contributed by atoms with Gasteiger partial charge in [-0.05, 0) is 45.1 Å². The van der Waals surface area contributed by atoms with Gasteiger partial charge in [-0.1, -0.05) is 45.0 Å². The predicted octanol–water partition coefficient (Wildman–Crippen LogP) is 5.29. The number of carbonyl (C=O) groups excluding carboxylic acids is 1. The first-order valence-corrected chi connectivity index (χ1v) is 9.19. The normalized spacial score (nSPS) is 12.2. The number of alkyl halides is 3.